The number of amides is 2. The lowest BCUT2D eigenvalue weighted by atomic mass is 10.0. The van der Waals surface area contributed by atoms with Gasteiger partial charge in [-0.25, -0.2) is 0 Å². The Hall–Kier alpha value is -3.71. The number of carbonyl (C=O) groups is 2. The predicted molar refractivity (Wildman–Crippen MR) is 163 cm³/mol. The van der Waals surface area contributed by atoms with Crippen molar-refractivity contribution in [3.8, 4) is 11.5 Å². The summed E-state index contributed by atoms with van der Waals surface area (Å²) in [6, 6.07) is 25.9. The number of ether oxygens (including phenoxy) is 2. The number of halogens is 3. The molecular formula is C32H29Cl3N2O4. The van der Waals surface area contributed by atoms with E-state index in [1.165, 1.54) is 0 Å². The van der Waals surface area contributed by atoms with Crippen molar-refractivity contribution >= 4 is 46.6 Å². The van der Waals surface area contributed by atoms with E-state index in [0.717, 1.165) is 5.56 Å². The van der Waals surface area contributed by atoms with Gasteiger partial charge in [-0.05, 0) is 58.7 Å². The van der Waals surface area contributed by atoms with Crippen molar-refractivity contribution < 1.29 is 19.1 Å². The minimum absolute atomic E-state index is 0.0353. The van der Waals surface area contributed by atoms with Gasteiger partial charge < -0.3 is 19.7 Å². The number of nitrogens with one attached hydrogen (secondary N) is 1. The van der Waals surface area contributed by atoms with Crippen molar-refractivity contribution in [1.29, 1.82) is 0 Å². The summed E-state index contributed by atoms with van der Waals surface area (Å²) in [6.07, 6.45) is 0.0353. The number of carbonyl (C=O) groups excluding carboxylic acids is 2. The van der Waals surface area contributed by atoms with Crippen molar-refractivity contribution in [1.82, 2.24) is 10.2 Å². The van der Waals surface area contributed by atoms with Crippen LogP contribution in [0.15, 0.2) is 91.0 Å². The van der Waals surface area contributed by atoms with Gasteiger partial charge in [0.15, 0.2) is 11.5 Å². The molecule has 0 aromatic heterocycles. The van der Waals surface area contributed by atoms with Gasteiger partial charge in [0.05, 0.1) is 20.6 Å². The SMILES string of the molecule is COc1ccc(CC(=O)N(Cc2ccc(Cl)cc2)[C@H](C(=O)NCc2ccc(Cl)cc2Cl)c2ccccc2)cc1OC. The minimum Gasteiger partial charge on any atom is -0.493 e. The van der Waals surface area contributed by atoms with Gasteiger partial charge >= 0.3 is 0 Å². The first-order chi connectivity index (χ1) is 19.8. The third-order valence-corrected chi connectivity index (χ3v) is 7.37. The van der Waals surface area contributed by atoms with E-state index in [1.54, 1.807) is 67.7 Å². The van der Waals surface area contributed by atoms with E-state index in [-0.39, 0.29) is 31.3 Å². The monoisotopic (exact) mass is 610 g/mol. The Kier molecular flexibility index (Phi) is 10.5. The van der Waals surface area contributed by atoms with Gasteiger partial charge in [0, 0.05) is 28.2 Å². The third kappa shape index (κ3) is 7.94. The van der Waals surface area contributed by atoms with Crippen molar-refractivity contribution in [2.75, 3.05) is 14.2 Å². The standard InChI is InChI=1S/C32H29Cl3N2O4/c1-40-28-15-10-22(16-29(28)41-2)17-30(38)37(20-21-8-12-25(33)13-9-21)31(23-6-4-3-5-7-23)32(39)36-19-24-11-14-26(34)18-27(24)35/h3-16,18,31H,17,19-20H2,1-2H3,(H,36,39)/t31-/m0/s1. The first kappa shape index (κ1) is 30.3. The second kappa shape index (κ2) is 14.3. The van der Waals surface area contributed by atoms with Crippen LogP contribution in [0, 0.1) is 0 Å². The van der Waals surface area contributed by atoms with Crippen LogP contribution in [-0.2, 0) is 29.1 Å². The maximum atomic E-state index is 14.0. The summed E-state index contributed by atoms with van der Waals surface area (Å²) in [7, 11) is 3.09. The van der Waals surface area contributed by atoms with Crippen LogP contribution in [0.2, 0.25) is 15.1 Å². The normalized spacial score (nSPS) is 11.4. The van der Waals surface area contributed by atoms with Crippen LogP contribution >= 0.6 is 34.8 Å². The first-order valence-corrected chi connectivity index (χ1v) is 13.9. The average Bonchev–Trinajstić information content (AvgIpc) is 2.97. The highest BCUT2D eigenvalue weighted by Gasteiger charge is 2.31. The van der Waals surface area contributed by atoms with Crippen LogP contribution in [-0.4, -0.2) is 30.9 Å². The van der Waals surface area contributed by atoms with E-state index in [9.17, 15) is 9.59 Å². The van der Waals surface area contributed by atoms with E-state index in [0.29, 0.717) is 43.3 Å². The molecular weight excluding hydrogens is 583 g/mol. The molecule has 0 bridgehead atoms. The van der Waals surface area contributed by atoms with Crippen LogP contribution < -0.4 is 14.8 Å². The number of benzene rings is 4. The summed E-state index contributed by atoms with van der Waals surface area (Å²) in [4.78, 5) is 29.5. The quantitative estimate of drug-likeness (QED) is 0.193. The fourth-order valence-electron chi connectivity index (χ4n) is 4.43. The number of methoxy groups -OCH3 is 2. The topological polar surface area (TPSA) is 67.9 Å². The van der Waals surface area contributed by atoms with Gasteiger partial charge in [-0.15, -0.1) is 0 Å². The molecule has 9 heteroatoms. The fraction of sp³-hybridized carbons (Fsp3) is 0.188. The lowest BCUT2D eigenvalue weighted by molar-refractivity contribution is -0.141. The predicted octanol–water partition coefficient (Wildman–Crippen LogP) is 7.29. The molecule has 41 heavy (non-hydrogen) atoms. The van der Waals surface area contributed by atoms with Gasteiger partial charge in [-0.1, -0.05) is 89.4 Å². The molecule has 0 radical (unpaired) electrons. The zero-order valence-corrected chi connectivity index (χ0v) is 24.8. The molecule has 212 valence electrons. The Balaban J connectivity index is 1.69. The first-order valence-electron chi connectivity index (χ1n) is 12.8. The Morgan fingerprint density at radius 3 is 2.10 bits per heavy atom. The number of hydrogen-bond donors (Lipinski definition) is 1. The molecule has 4 aromatic carbocycles. The van der Waals surface area contributed by atoms with Crippen LogP contribution in [0.25, 0.3) is 0 Å². The van der Waals surface area contributed by atoms with Gasteiger partial charge in [0.25, 0.3) is 0 Å². The molecule has 4 rings (SSSR count). The minimum atomic E-state index is -0.925. The number of nitrogens with zero attached hydrogens (tertiary/aromatic N) is 1. The number of hydrogen-bond acceptors (Lipinski definition) is 4. The Morgan fingerprint density at radius 1 is 0.780 bits per heavy atom. The molecule has 0 unspecified atom stereocenters. The highest BCUT2D eigenvalue weighted by atomic mass is 35.5. The maximum Gasteiger partial charge on any atom is 0.247 e. The average molecular weight is 612 g/mol. The summed E-state index contributed by atoms with van der Waals surface area (Å²) in [5.41, 5.74) is 2.91. The fourth-order valence-corrected chi connectivity index (χ4v) is 5.03. The third-order valence-electron chi connectivity index (χ3n) is 6.53. The Bertz CT molecular complexity index is 1500. The molecule has 0 aliphatic heterocycles. The maximum absolute atomic E-state index is 14.0. The molecule has 1 N–H and O–H groups in total. The Morgan fingerprint density at radius 2 is 1.44 bits per heavy atom. The Labute approximate surface area is 254 Å². The van der Waals surface area contributed by atoms with Crippen LogP contribution in [0.4, 0.5) is 0 Å². The summed E-state index contributed by atoms with van der Waals surface area (Å²) >= 11 is 18.5. The van der Waals surface area contributed by atoms with Gasteiger partial charge in [0.1, 0.15) is 6.04 Å². The molecule has 0 heterocycles. The molecule has 0 aliphatic carbocycles. The van der Waals surface area contributed by atoms with E-state index in [4.69, 9.17) is 44.3 Å². The van der Waals surface area contributed by atoms with E-state index < -0.39 is 6.04 Å². The van der Waals surface area contributed by atoms with Crippen molar-refractivity contribution in [2.45, 2.75) is 25.6 Å². The van der Waals surface area contributed by atoms with Crippen LogP contribution in [0.3, 0.4) is 0 Å². The molecule has 0 saturated carbocycles. The van der Waals surface area contributed by atoms with E-state index in [2.05, 4.69) is 5.32 Å². The van der Waals surface area contributed by atoms with E-state index in [1.807, 2.05) is 42.5 Å². The molecule has 6 nitrogen and oxygen atoms in total. The highest BCUT2D eigenvalue weighted by molar-refractivity contribution is 6.35. The zero-order chi connectivity index (χ0) is 29.4. The van der Waals surface area contributed by atoms with Gasteiger partial charge in [-0.3, -0.25) is 9.59 Å². The van der Waals surface area contributed by atoms with Crippen LogP contribution in [0.1, 0.15) is 28.3 Å². The number of rotatable bonds is 11. The van der Waals surface area contributed by atoms with Crippen molar-refractivity contribution in [3.05, 3.63) is 128 Å². The smallest absolute Gasteiger partial charge is 0.247 e. The lowest BCUT2D eigenvalue weighted by Crippen LogP contribution is -2.43. The molecule has 0 fully saturated rings. The van der Waals surface area contributed by atoms with Gasteiger partial charge in [-0.2, -0.15) is 0 Å². The van der Waals surface area contributed by atoms with Gasteiger partial charge in [0.2, 0.25) is 11.8 Å². The summed E-state index contributed by atoms with van der Waals surface area (Å²) in [6.45, 7) is 0.342. The van der Waals surface area contributed by atoms with Crippen molar-refractivity contribution in [3.63, 3.8) is 0 Å². The zero-order valence-electron chi connectivity index (χ0n) is 22.6. The molecule has 0 spiro atoms. The van der Waals surface area contributed by atoms with Crippen molar-refractivity contribution in [2.24, 2.45) is 0 Å². The van der Waals surface area contributed by atoms with Crippen LogP contribution in [0.5, 0.6) is 11.5 Å². The summed E-state index contributed by atoms with van der Waals surface area (Å²) in [5.74, 6) is 0.473. The highest BCUT2D eigenvalue weighted by Crippen LogP contribution is 2.30. The molecule has 4 aromatic rings. The second-order valence-electron chi connectivity index (χ2n) is 9.28. The largest absolute Gasteiger partial charge is 0.493 e. The van der Waals surface area contributed by atoms with E-state index >= 15 is 0 Å². The molecule has 0 aliphatic rings. The summed E-state index contributed by atoms with van der Waals surface area (Å²) < 4.78 is 10.8. The molecule has 2 amide bonds. The molecule has 0 saturated heterocycles. The molecule has 1 atom stereocenters. The second-order valence-corrected chi connectivity index (χ2v) is 10.6. The lowest BCUT2D eigenvalue weighted by Gasteiger charge is -2.32. The summed E-state index contributed by atoms with van der Waals surface area (Å²) in [5, 5.41) is 4.49.